The molecule has 0 radical (unpaired) electrons. The molecule has 1 saturated heterocycles. The molecular formula is C30H32N6O4. The minimum atomic E-state index is -1.06. The van der Waals surface area contributed by atoms with Gasteiger partial charge in [-0.15, -0.1) is 10.1 Å². The largest absolute Gasteiger partial charge is 0.469 e. The number of aromatic nitrogens is 3. The molecule has 2 aromatic carbocycles. The van der Waals surface area contributed by atoms with Crippen molar-refractivity contribution in [3.63, 3.8) is 0 Å². The number of benzene rings is 2. The molecule has 6 rings (SSSR count). The molecule has 10 heteroatoms. The number of anilines is 1. The van der Waals surface area contributed by atoms with Gasteiger partial charge in [0.25, 0.3) is 0 Å². The number of amides is 1. The first-order valence-electron chi connectivity index (χ1n) is 13.7. The highest BCUT2D eigenvalue weighted by Crippen LogP contribution is 2.52. The van der Waals surface area contributed by atoms with Crippen LogP contribution >= 0.6 is 0 Å². The maximum absolute atomic E-state index is 14.0. The predicted octanol–water partition coefficient (Wildman–Crippen LogP) is 3.31. The number of aliphatic hydroxyl groups is 1. The zero-order valence-corrected chi connectivity index (χ0v) is 22.3. The molecule has 1 aliphatic carbocycles. The number of ether oxygens (including phenoxy) is 1. The average Bonchev–Trinajstić information content (AvgIpc) is 3.58. The van der Waals surface area contributed by atoms with Crippen LogP contribution in [0, 0.1) is 24.3 Å². The van der Waals surface area contributed by atoms with Gasteiger partial charge in [0.2, 0.25) is 5.91 Å². The van der Waals surface area contributed by atoms with Gasteiger partial charge in [-0.05, 0) is 49.1 Å². The molecule has 0 unspecified atom stereocenters. The second-order valence-corrected chi connectivity index (χ2v) is 11.0. The molecule has 2 aliphatic heterocycles. The minimum absolute atomic E-state index is 0.0540. The summed E-state index contributed by atoms with van der Waals surface area (Å²) in [6, 6.07) is 16.9. The van der Waals surface area contributed by atoms with Crippen LogP contribution in [0.3, 0.4) is 0 Å². The molecule has 1 aromatic heterocycles. The number of para-hydroxylation sites is 1. The molecule has 3 aliphatic rings. The Morgan fingerprint density at radius 3 is 2.75 bits per heavy atom. The number of esters is 1. The minimum Gasteiger partial charge on any atom is -0.469 e. The molecule has 3 heterocycles. The van der Waals surface area contributed by atoms with Crippen LogP contribution in [0.15, 0.2) is 60.8 Å². The van der Waals surface area contributed by atoms with Gasteiger partial charge in [0, 0.05) is 17.8 Å². The Balaban J connectivity index is 1.38. The van der Waals surface area contributed by atoms with Gasteiger partial charge >= 0.3 is 5.97 Å². The fourth-order valence-electron chi connectivity index (χ4n) is 7.23. The summed E-state index contributed by atoms with van der Waals surface area (Å²) in [4.78, 5) is 30.8. The quantitative estimate of drug-likeness (QED) is 0.364. The first-order chi connectivity index (χ1) is 19.5. The first kappa shape index (κ1) is 26.0. The van der Waals surface area contributed by atoms with E-state index in [1.165, 1.54) is 7.11 Å². The zero-order chi connectivity index (χ0) is 27.9. The Bertz CT molecular complexity index is 1450. The second-order valence-electron chi connectivity index (χ2n) is 11.0. The maximum Gasteiger partial charge on any atom is 0.311 e. The number of methoxy groups -OCH3 is 1. The van der Waals surface area contributed by atoms with Crippen molar-refractivity contribution in [2.75, 3.05) is 19.0 Å². The number of nitrogens with one attached hydrogen (secondary N) is 1. The summed E-state index contributed by atoms with van der Waals surface area (Å²) >= 11 is 0. The molecule has 0 spiro atoms. The Labute approximate surface area is 232 Å². The van der Waals surface area contributed by atoms with E-state index in [0.717, 1.165) is 28.9 Å². The Morgan fingerprint density at radius 1 is 1.20 bits per heavy atom. The van der Waals surface area contributed by atoms with Crippen molar-refractivity contribution in [3.05, 3.63) is 77.9 Å². The topological polar surface area (TPSA) is 114 Å². The lowest BCUT2D eigenvalue weighted by atomic mass is 9.60. The fourth-order valence-corrected chi connectivity index (χ4v) is 7.23. The van der Waals surface area contributed by atoms with Crippen LogP contribution < -0.4 is 5.32 Å². The fraction of sp³-hybridized carbons (Fsp3) is 0.433. The number of hydrogen-bond acceptors (Lipinski definition) is 7. The van der Waals surface area contributed by atoms with Crippen molar-refractivity contribution in [1.29, 1.82) is 0 Å². The molecule has 1 amide bonds. The summed E-state index contributed by atoms with van der Waals surface area (Å²) < 4.78 is 6.84. The van der Waals surface area contributed by atoms with Crippen LogP contribution in [0.25, 0.3) is 16.2 Å². The summed E-state index contributed by atoms with van der Waals surface area (Å²) in [6.45, 7) is 8.92. The summed E-state index contributed by atoms with van der Waals surface area (Å²) in [5.41, 5.74) is 2.21. The third kappa shape index (κ3) is 4.21. The average molecular weight is 541 g/mol. The lowest BCUT2D eigenvalue weighted by Gasteiger charge is -2.49. The number of fused-ring (bicyclic) bond motifs is 2. The number of rotatable bonds is 6. The number of carbonyl (C=O) groups excluding carboxylic acids is 2. The van der Waals surface area contributed by atoms with Gasteiger partial charge < -0.3 is 15.2 Å². The van der Waals surface area contributed by atoms with Gasteiger partial charge in [-0.3, -0.25) is 14.3 Å². The van der Waals surface area contributed by atoms with E-state index in [9.17, 15) is 14.7 Å². The van der Waals surface area contributed by atoms with E-state index in [1.54, 1.807) is 9.69 Å². The highest BCUT2D eigenvalue weighted by molar-refractivity contribution is 6.07. The maximum atomic E-state index is 14.0. The van der Waals surface area contributed by atoms with Crippen molar-refractivity contribution < 1.29 is 19.4 Å². The number of nitrogens with zero attached hydrogens (tertiary/aromatic N) is 5. The van der Waals surface area contributed by atoms with E-state index in [1.807, 2.05) is 60.8 Å². The molecule has 40 heavy (non-hydrogen) atoms. The summed E-state index contributed by atoms with van der Waals surface area (Å²) in [5, 5.41) is 24.3. The van der Waals surface area contributed by atoms with Crippen LogP contribution in [0.2, 0.25) is 0 Å². The van der Waals surface area contributed by atoms with Gasteiger partial charge in [0.1, 0.15) is 17.2 Å². The standard InChI is InChI=1S/C30H32N6O4/c1-31-36-17-20-12-13-25(37)27(28(38)40-2)21(20)16-26(36)30(22-10-6-7-11-23(22)32-29(30)39)14-15-35-18-24(33-34-35)19-8-4-3-5-9-19/h3-11,18,20-21,25-27,37H,12-17H2,2H3,(H,32,39)/t20-,21-,25-,26-,27+,30-/m0/s1. The Hall–Kier alpha value is -4.23. The van der Waals surface area contributed by atoms with E-state index < -0.39 is 29.4 Å². The lowest BCUT2D eigenvalue weighted by molar-refractivity contribution is -0.160. The first-order valence-corrected chi connectivity index (χ1v) is 13.7. The normalized spacial score (nSPS) is 29.2. The molecule has 6 atom stereocenters. The zero-order valence-electron chi connectivity index (χ0n) is 22.3. The number of carbonyl (C=O) groups is 2. The van der Waals surface area contributed by atoms with Crippen molar-refractivity contribution in [2.45, 2.75) is 49.8 Å². The summed E-state index contributed by atoms with van der Waals surface area (Å²) in [5.74, 6) is -1.43. The predicted molar refractivity (Wildman–Crippen MR) is 146 cm³/mol. The highest BCUT2D eigenvalue weighted by atomic mass is 16.5. The molecule has 10 nitrogen and oxygen atoms in total. The summed E-state index contributed by atoms with van der Waals surface area (Å²) in [7, 11) is 1.34. The number of aryl methyl sites for hydroxylation is 1. The van der Waals surface area contributed by atoms with Gasteiger partial charge in [0.05, 0.1) is 31.9 Å². The van der Waals surface area contributed by atoms with Crippen LogP contribution in [0.5, 0.6) is 0 Å². The number of aliphatic hydroxyl groups excluding tert-OH is 1. The van der Waals surface area contributed by atoms with E-state index in [2.05, 4.69) is 20.6 Å². The second kappa shape index (κ2) is 10.4. The SMILES string of the molecule is [C-]#[N+]N1C[C@@H]2CC[C@H](O)[C@H](C(=O)OC)[C@H]2C[C@H]1[C@@]1(CCn2cc(-c3ccccc3)nn2)C(=O)Nc2ccccc21. The molecule has 3 aromatic rings. The van der Waals surface area contributed by atoms with Crippen LogP contribution in [-0.4, -0.2) is 62.8 Å². The van der Waals surface area contributed by atoms with E-state index in [-0.39, 0.29) is 17.7 Å². The summed E-state index contributed by atoms with van der Waals surface area (Å²) in [6.07, 6.45) is 3.07. The third-order valence-electron chi connectivity index (χ3n) is 9.17. The van der Waals surface area contributed by atoms with Crippen molar-refractivity contribution in [3.8, 4) is 11.3 Å². The van der Waals surface area contributed by atoms with Crippen molar-refractivity contribution in [2.24, 2.45) is 17.8 Å². The number of hydrogen-bond donors (Lipinski definition) is 2. The van der Waals surface area contributed by atoms with Crippen LogP contribution in [0.1, 0.15) is 31.2 Å². The van der Waals surface area contributed by atoms with Gasteiger partial charge in [-0.1, -0.05) is 53.7 Å². The van der Waals surface area contributed by atoms with Gasteiger partial charge in [-0.2, -0.15) is 11.5 Å². The van der Waals surface area contributed by atoms with E-state index in [0.29, 0.717) is 32.4 Å². The molecule has 206 valence electrons. The van der Waals surface area contributed by atoms with E-state index in [4.69, 9.17) is 11.3 Å². The number of piperidine rings is 1. The smallest absolute Gasteiger partial charge is 0.311 e. The van der Waals surface area contributed by atoms with Crippen molar-refractivity contribution >= 4 is 17.6 Å². The molecular weight excluding hydrogens is 508 g/mol. The molecule has 1 saturated carbocycles. The molecule has 2 N–H and O–H groups in total. The van der Waals surface area contributed by atoms with Crippen LogP contribution in [-0.2, 0) is 26.3 Å². The molecule has 2 fully saturated rings. The Morgan fingerprint density at radius 2 is 1.98 bits per heavy atom. The van der Waals surface area contributed by atoms with Gasteiger partial charge in [-0.25, -0.2) is 0 Å². The third-order valence-corrected chi connectivity index (χ3v) is 9.17. The lowest BCUT2D eigenvalue weighted by Crippen LogP contribution is -2.60. The van der Waals surface area contributed by atoms with Crippen molar-refractivity contribution in [1.82, 2.24) is 20.0 Å². The van der Waals surface area contributed by atoms with Gasteiger partial charge in [0.15, 0.2) is 0 Å². The van der Waals surface area contributed by atoms with Crippen LogP contribution in [0.4, 0.5) is 5.69 Å². The highest BCUT2D eigenvalue weighted by Gasteiger charge is 2.60. The monoisotopic (exact) mass is 540 g/mol. The Kier molecular flexibility index (Phi) is 6.76. The van der Waals surface area contributed by atoms with E-state index >= 15 is 0 Å². The molecule has 0 bridgehead atoms.